The molecule has 17 heavy (non-hydrogen) atoms. The van der Waals surface area contributed by atoms with E-state index in [0.717, 1.165) is 6.54 Å². The van der Waals surface area contributed by atoms with E-state index in [9.17, 15) is 0 Å². The molecule has 2 aromatic carbocycles. The average molecular weight is 221 g/mol. The molecule has 1 aliphatic rings. The molecule has 1 nitrogen and oxygen atoms in total. The van der Waals surface area contributed by atoms with Crippen LogP contribution in [-0.4, -0.2) is 0 Å². The second-order valence-electron chi connectivity index (χ2n) is 4.43. The third-order valence-corrected chi connectivity index (χ3v) is 3.25. The Morgan fingerprint density at radius 2 is 1.71 bits per heavy atom. The molecular weight excluding hydrogens is 206 g/mol. The molecule has 0 fully saturated rings. The Morgan fingerprint density at radius 1 is 0.941 bits per heavy atom. The molecule has 1 aliphatic heterocycles. The maximum atomic E-state index is 2.30. The van der Waals surface area contributed by atoms with Crippen molar-refractivity contribution in [2.75, 3.05) is 4.90 Å². The van der Waals surface area contributed by atoms with Gasteiger partial charge in [0.15, 0.2) is 0 Å². The van der Waals surface area contributed by atoms with Gasteiger partial charge in [0.05, 0.1) is 0 Å². The first-order valence-corrected chi connectivity index (χ1v) is 5.93. The fourth-order valence-corrected chi connectivity index (χ4v) is 2.30. The van der Waals surface area contributed by atoms with Gasteiger partial charge < -0.3 is 4.90 Å². The molecule has 0 spiro atoms. The minimum Gasteiger partial charge on any atom is -0.343 e. The minimum atomic E-state index is 0.956. The third kappa shape index (κ3) is 1.84. The normalized spacial score (nSPS) is 13.6. The van der Waals surface area contributed by atoms with E-state index in [0.29, 0.717) is 0 Å². The summed E-state index contributed by atoms with van der Waals surface area (Å²) in [6, 6.07) is 17.1. The lowest BCUT2D eigenvalue weighted by Crippen LogP contribution is -2.19. The number of rotatable bonds is 1. The van der Waals surface area contributed by atoms with Crippen molar-refractivity contribution in [2.45, 2.75) is 13.5 Å². The summed E-state index contributed by atoms with van der Waals surface area (Å²) in [5, 5.41) is 0. The average Bonchev–Trinajstić information content (AvgIpc) is 2.39. The van der Waals surface area contributed by atoms with Gasteiger partial charge in [-0.2, -0.15) is 0 Å². The van der Waals surface area contributed by atoms with E-state index in [2.05, 4.69) is 72.6 Å². The molecule has 0 aliphatic carbocycles. The summed E-state index contributed by atoms with van der Waals surface area (Å²) in [5.41, 5.74) is 5.32. The predicted molar refractivity (Wildman–Crippen MR) is 72.8 cm³/mol. The van der Waals surface area contributed by atoms with E-state index >= 15 is 0 Å². The maximum absolute atomic E-state index is 2.30. The quantitative estimate of drug-likeness (QED) is 0.704. The second-order valence-corrected chi connectivity index (χ2v) is 4.43. The van der Waals surface area contributed by atoms with Crippen molar-refractivity contribution in [1.82, 2.24) is 0 Å². The van der Waals surface area contributed by atoms with Crippen molar-refractivity contribution in [3.05, 3.63) is 71.4 Å². The summed E-state index contributed by atoms with van der Waals surface area (Å²) in [6.07, 6.45) is 4.36. The molecule has 0 aromatic heterocycles. The van der Waals surface area contributed by atoms with Crippen LogP contribution in [0.2, 0.25) is 0 Å². The molecule has 0 unspecified atom stereocenters. The van der Waals surface area contributed by atoms with Gasteiger partial charge in [-0.3, -0.25) is 0 Å². The SMILES string of the molecule is Cc1ccccc1N1C=Cc2ccccc2C1. The van der Waals surface area contributed by atoms with E-state index in [-0.39, 0.29) is 0 Å². The molecule has 0 atom stereocenters. The topological polar surface area (TPSA) is 3.24 Å². The van der Waals surface area contributed by atoms with Gasteiger partial charge in [-0.1, -0.05) is 42.5 Å². The monoisotopic (exact) mass is 221 g/mol. The molecule has 1 heteroatoms. The molecule has 0 radical (unpaired) electrons. The zero-order chi connectivity index (χ0) is 11.7. The Kier molecular flexibility index (Phi) is 2.45. The Labute approximate surface area is 102 Å². The minimum absolute atomic E-state index is 0.956. The van der Waals surface area contributed by atoms with Gasteiger partial charge >= 0.3 is 0 Å². The zero-order valence-corrected chi connectivity index (χ0v) is 9.93. The standard InChI is InChI=1S/C16H15N/c1-13-6-2-5-9-16(13)17-11-10-14-7-3-4-8-15(14)12-17/h2-11H,12H2,1H3. The molecule has 0 N–H and O–H groups in total. The van der Waals surface area contributed by atoms with E-state index in [1.165, 1.54) is 22.4 Å². The van der Waals surface area contributed by atoms with Crippen LogP contribution in [0.15, 0.2) is 54.7 Å². The van der Waals surface area contributed by atoms with E-state index in [1.807, 2.05) is 0 Å². The van der Waals surface area contributed by atoms with Crippen LogP contribution in [0.5, 0.6) is 0 Å². The summed E-state index contributed by atoms with van der Waals surface area (Å²) < 4.78 is 0. The van der Waals surface area contributed by atoms with Crippen LogP contribution in [-0.2, 0) is 6.54 Å². The van der Waals surface area contributed by atoms with Crippen LogP contribution < -0.4 is 4.90 Å². The van der Waals surface area contributed by atoms with Crippen LogP contribution in [0, 0.1) is 6.92 Å². The van der Waals surface area contributed by atoms with Crippen LogP contribution in [0.4, 0.5) is 5.69 Å². The van der Waals surface area contributed by atoms with E-state index in [4.69, 9.17) is 0 Å². The Balaban J connectivity index is 1.98. The van der Waals surface area contributed by atoms with E-state index < -0.39 is 0 Å². The molecule has 84 valence electrons. The lowest BCUT2D eigenvalue weighted by molar-refractivity contribution is 0.948. The molecule has 0 saturated carbocycles. The summed E-state index contributed by atoms with van der Waals surface area (Å²) >= 11 is 0. The number of fused-ring (bicyclic) bond motifs is 1. The Hall–Kier alpha value is -2.02. The van der Waals surface area contributed by atoms with Crippen molar-refractivity contribution in [3.63, 3.8) is 0 Å². The highest BCUT2D eigenvalue weighted by Crippen LogP contribution is 2.27. The van der Waals surface area contributed by atoms with E-state index in [1.54, 1.807) is 0 Å². The van der Waals surface area contributed by atoms with Crippen LogP contribution in [0.25, 0.3) is 6.08 Å². The first-order valence-electron chi connectivity index (χ1n) is 5.93. The number of para-hydroxylation sites is 1. The predicted octanol–water partition coefficient (Wildman–Crippen LogP) is 3.99. The fraction of sp³-hybridized carbons (Fsp3) is 0.125. The summed E-state index contributed by atoms with van der Waals surface area (Å²) in [6.45, 7) is 3.11. The van der Waals surface area contributed by atoms with Gasteiger partial charge in [-0.15, -0.1) is 0 Å². The van der Waals surface area contributed by atoms with Gasteiger partial charge in [-0.05, 0) is 35.8 Å². The van der Waals surface area contributed by atoms with Crippen molar-refractivity contribution < 1.29 is 0 Å². The van der Waals surface area contributed by atoms with Crippen LogP contribution >= 0.6 is 0 Å². The van der Waals surface area contributed by atoms with Crippen molar-refractivity contribution in [3.8, 4) is 0 Å². The smallest absolute Gasteiger partial charge is 0.0481 e. The lowest BCUT2D eigenvalue weighted by Gasteiger charge is -2.26. The molecule has 0 bridgehead atoms. The number of benzene rings is 2. The first-order chi connectivity index (χ1) is 8.34. The highest BCUT2D eigenvalue weighted by atomic mass is 15.1. The first kappa shape index (κ1) is 10.2. The summed E-state index contributed by atoms with van der Waals surface area (Å²) in [7, 11) is 0. The second kappa shape index (κ2) is 4.10. The molecular formula is C16H15N. The molecule has 3 rings (SSSR count). The molecule has 1 heterocycles. The Bertz CT molecular complexity index is 569. The largest absolute Gasteiger partial charge is 0.343 e. The number of hydrogen-bond donors (Lipinski definition) is 0. The van der Waals surface area contributed by atoms with Crippen molar-refractivity contribution in [1.29, 1.82) is 0 Å². The third-order valence-electron chi connectivity index (χ3n) is 3.25. The molecule has 2 aromatic rings. The Morgan fingerprint density at radius 3 is 2.59 bits per heavy atom. The van der Waals surface area contributed by atoms with Gasteiger partial charge in [0, 0.05) is 18.4 Å². The van der Waals surface area contributed by atoms with Gasteiger partial charge in [-0.25, -0.2) is 0 Å². The highest BCUT2D eigenvalue weighted by molar-refractivity contribution is 5.65. The number of anilines is 1. The maximum Gasteiger partial charge on any atom is 0.0481 e. The number of hydrogen-bond acceptors (Lipinski definition) is 1. The molecule has 0 saturated heterocycles. The lowest BCUT2D eigenvalue weighted by atomic mass is 10.0. The van der Waals surface area contributed by atoms with Gasteiger partial charge in [0.1, 0.15) is 0 Å². The zero-order valence-electron chi connectivity index (χ0n) is 9.93. The van der Waals surface area contributed by atoms with Crippen molar-refractivity contribution >= 4 is 11.8 Å². The van der Waals surface area contributed by atoms with Crippen molar-refractivity contribution in [2.24, 2.45) is 0 Å². The van der Waals surface area contributed by atoms with Crippen LogP contribution in [0.3, 0.4) is 0 Å². The number of nitrogens with zero attached hydrogens (tertiary/aromatic N) is 1. The van der Waals surface area contributed by atoms with Gasteiger partial charge in [0.2, 0.25) is 0 Å². The summed E-state index contributed by atoms with van der Waals surface area (Å²) in [5.74, 6) is 0. The fourth-order valence-electron chi connectivity index (χ4n) is 2.30. The van der Waals surface area contributed by atoms with Crippen LogP contribution in [0.1, 0.15) is 16.7 Å². The highest BCUT2D eigenvalue weighted by Gasteiger charge is 2.12. The molecule has 0 amide bonds. The number of aryl methyl sites for hydroxylation is 1. The summed E-state index contributed by atoms with van der Waals surface area (Å²) in [4.78, 5) is 2.30. The van der Waals surface area contributed by atoms with Gasteiger partial charge in [0.25, 0.3) is 0 Å².